The van der Waals surface area contributed by atoms with E-state index in [1.165, 1.54) is 6.92 Å². The zero-order valence-electron chi connectivity index (χ0n) is 20.0. The van der Waals surface area contributed by atoms with Crippen LogP contribution in [0.25, 0.3) is 22.2 Å². The molecule has 1 atom stereocenters. The van der Waals surface area contributed by atoms with E-state index in [1.54, 1.807) is 13.3 Å². The summed E-state index contributed by atoms with van der Waals surface area (Å²) in [7, 11) is 1.66. The number of ether oxygens (including phenoxy) is 2. The monoisotopic (exact) mass is 511 g/mol. The van der Waals surface area contributed by atoms with E-state index < -0.39 is 0 Å². The summed E-state index contributed by atoms with van der Waals surface area (Å²) in [6, 6.07) is 10.4. The molecule has 1 aromatic carbocycles. The van der Waals surface area contributed by atoms with Crippen LogP contribution in [0.3, 0.4) is 0 Å². The quantitative estimate of drug-likeness (QED) is 0.336. The highest BCUT2D eigenvalue weighted by molar-refractivity contribution is 9.10. The second kappa shape index (κ2) is 10.1. The topological polar surface area (TPSA) is 77.1 Å². The van der Waals surface area contributed by atoms with Crippen LogP contribution < -0.4 is 0 Å². The Balaban J connectivity index is 2.35. The third-order valence-electron chi connectivity index (χ3n) is 5.81. The number of carbonyl (C=O) groups is 1. The largest absolute Gasteiger partial charge is 0.465 e. The summed E-state index contributed by atoms with van der Waals surface area (Å²) in [5, 5.41) is 10.7. The molecular weight excluding hydrogens is 482 g/mol. The van der Waals surface area contributed by atoms with Crippen molar-refractivity contribution in [2.24, 2.45) is 5.41 Å². The van der Waals surface area contributed by atoms with E-state index in [1.807, 2.05) is 19.1 Å². The van der Waals surface area contributed by atoms with E-state index in [0.29, 0.717) is 18.6 Å². The van der Waals surface area contributed by atoms with Gasteiger partial charge in [0.25, 0.3) is 0 Å². The summed E-state index contributed by atoms with van der Waals surface area (Å²) in [5.41, 5.74) is 5.12. The van der Waals surface area contributed by atoms with E-state index >= 15 is 0 Å². The number of esters is 1. The zero-order valence-corrected chi connectivity index (χ0v) is 21.6. The lowest BCUT2D eigenvalue weighted by Gasteiger charge is -2.25. The SMILES string of the molecule is CCn1c(-c2cc(C#N)cnc2[C@H](C)OC)c(CC(C)(C)COC(C)=O)c2cc(Br)ccc21. The molecule has 0 fully saturated rings. The number of aromatic nitrogens is 2. The molecule has 0 bridgehead atoms. The molecule has 0 aliphatic rings. The van der Waals surface area contributed by atoms with Gasteiger partial charge in [-0.2, -0.15) is 5.26 Å². The van der Waals surface area contributed by atoms with Crippen molar-refractivity contribution in [2.45, 2.75) is 53.7 Å². The first kappa shape index (κ1) is 24.9. The molecule has 2 aromatic heterocycles. The maximum absolute atomic E-state index is 11.5. The summed E-state index contributed by atoms with van der Waals surface area (Å²) in [6.07, 6.45) is 2.02. The average molecular weight is 512 g/mol. The number of nitrogens with zero attached hydrogens (tertiary/aromatic N) is 3. The first-order chi connectivity index (χ1) is 15.6. The molecule has 0 unspecified atom stereocenters. The van der Waals surface area contributed by atoms with Crippen molar-refractivity contribution in [3.8, 4) is 17.3 Å². The van der Waals surface area contributed by atoms with Crippen LogP contribution in [0.4, 0.5) is 0 Å². The normalized spacial score (nSPS) is 12.5. The van der Waals surface area contributed by atoms with Crippen molar-refractivity contribution in [3.63, 3.8) is 0 Å². The number of rotatable bonds is 8. The van der Waals surface area contributed by atoms with Crippen LogP contribution in [0, 0.1) is 16.7 Å². The summed E-state index contributed by atoms with van der Waals surface area (Å²) < 4.78 is 14.3. The second-order valence-electron chi connectivity index (χ2n) is 9.00. The van der Waals surface area contributed by atoms with Crippen LogP contribution in [-0.2, 0) is 27.2 Å². The third-order valence-corrected chi connectivity index (χ3v) is 6.30. The number of pyridine rings is 1. The second-order valence-corrected chi connectivity index (χ2v) is 9.92. The number of methoxy groups -OCH3 is 1. The van der Waals surface area contributed by atoms with Crippen molar-refractivity contribution in [1.29, 1.82) is 5.26 Å². The standard InChI is InChI=1S/C26H30BrN3O3/c1-7-30-23-9-8-19(27)11-20(23)22(12-26(4,5)15-33-17(3)31)25(30)21-10-18(13-28)14-29-24(21)16(2)32-6/h8-11,14,16H,7,12,15H2,1-6H3/t16-/m0/s1. The van der Waals surface area contributed by atoms with E-state index in [9.17, 15) is 10.1 Å². The maximum atomic E-state index is 11.5. The molecule has 0 spiro atoms. The van der Waals surface area contributed by atoms with Crippen LogP contribution in [0.1, 0.15) is 57.5 Å². The van der Waals surface area contributed by atoms with Crippen molar-refractivity contribution < 1.29 is 14.3 Å². The lowest BCUT2D eigenvalue weighted by molar-refractivity contribution is -0.143. The van der Waals surface area contributed by atoms with Gasteiger partial charge in [0.15, 0.2) is 0 Å². The van der Waals surface area contributed by atoms with E-state index in [2.05, 4.69) is 64.5 Å². The average Bonchev–Trinajstić information content (AvgIpc) is 3.08. The van der Waals surface area contributed by atoms with Gasteiger partial charge in [0, 0.05) is 53.1 Å². The van der Waals surface area contributed by atoms with Gasteiger partial charge in [0.05, 0.1) is 29.7 Å². The minimum atomic E-state index is -0.303. The molecule has 3 rings (SSSR count). The van der Waals surface area contributed by atoms with Gasteiger partial charge in [-0.25, -0.2) is 0 Å². The Hall–Kier alpha value is -2.69. The molecule has 0 amide bonds. The lowest BCUT2D eigenvalue weighted by atomic mass is 9.84. The number of aryl methyl sites for hydroxylation is 1. The Morgan fingerprint density at radius 2 is 2.06 bits per heavy atom. The number of benzene rings is 1. The van der Waals surface area contributed by atoms with E-state index in [-0.39, 0.29) is 17.5 Å². The molecule has 174 valence electrons. The Bertz CT molecular complexity index is 1220. The Morgan fingerprint density at radius 3 is 2.67 bits per heavy atom. The van der Waals surface area contributed by atoms with Gasteiger partial charge in [-0.1, -0.05) is 29.8 Å². The summed E-state index contributed by atoms with van der Waals surface area (Å²) in [6.45, 7) is 10.7. The Morgan fingerprint density at radius 1 is 1.33 bits per heavy atom. The molecule has 0 N–H and O–H groups in total. The van der Waals surface area contributed by atoms with Crippen LogP contribution in [-0.4, -0.2) is 29.2 Å². The smallest absolute Gasteiger partial charge is 0.302 e. The molecule has 0 saturated heterocycles. The Labute approximate surface area is 203 Å². The number of fused-ring (bicyclic) bond motifs is 1. The summed E-state index contributed by atoms with van der Waals surface area (Å²) >= 11 is 3.63. The maximum Gasteiger partial charge on any atom is 0.302 e. The minimum Gasteiger partial charge on any atom is -0.465 e. The lowest BCUT2D eigenvalue weighted by Crippen LogP contribution is -2.24. The minimum absolute atomic E-state index is 0.246. The van der Waals surface area contributed by atoms with Crippen molar-refractivity contribution >= 4 is 32.8 Å². The van der Waals surface area contributed by atoms with Gasteiger partial charge in [-0.3, -0.25) is 9.78 Å². The van der Waals surface area contributed by atoms with Crippen LogP contribution in [0.15, 0.2) is 34.9 Å². The molecular formula is C26H30BrN3O3. The predicted molar refractivity (Wildman–Crippen MR) is 133 cm³/mol. The molecule has 0 saturated carbocycles. The zero-order chi connectivity index (χ0) is 24.3. The van der Waals surface area contributed by atoms with Crippen LogP contribution in [0.5, 0.6) is 0 Å². The predicted octanol–water partition coefficient (Wildman–Crippen LogP) is 6.20. The van der Waals surface area contributed by atoms with Crippen LogP contribution in [0.2, 0.25) is 0 Å². The fourth-order valence-corrected chi connectivity index (χ4v) is 4.56. The highest BCUT2D eigenvalue weighted by Crippen LogP contribution is 2.41. The summed E-state index contributed by atoms with van der Waals surface area (Å²) in [4.78, 5) is 16.1. The molecule has 2 heterocycles. The van der Waals surface area contributed by atoms with Gasteiger partial charge in [0.1, 0.15) is 6.07 Å². The van der Waals surface area contributed by atoms with Gasteiger partial charge in [-0.15, -0.1) is 0 Å². The number of halogens is 1. The molecule has 0 aliphatic carbocycles. The molecule has 3 aromatic rings. The van der Waals surface area contributed by atoms with E-state index in [4.69, 9.17) is 9.47 Å². The first-order valence-electron chi connectivity index (χ1n) is 11.0. The summed E-state index contributed by atoms with van der Waals surface area (Å²) in [5.74, 6) is -0.288. The fourth-order valence-electron chi connectivity index (χ4n) is 4.20. The van der Waals surface area contributed by atoms with Crippen molar-refractivity contribution in [1.82, 2.24) is 9.55 Å². The van der Waals surface area contributed by atoms with Crippen LogP contribution >= 0.6 is 15.9 Å². The molecule has 33 heavy (non-hydrogen) atoms. The molecule has 0 aliphatic heterocycles. The van der Waals surface area contributed by atoms with Crippen molar-refractivity contribution in [3.05, 3.63) is 51.8 Å². The third kappa shape index (κ3) is 5.29. The number of hydrogen-bond acceptors (Lipinski definition) is 5. The van der Waals surface area contributed by atoms with Gasteiger partial charge >= 0.3 is 5.97 Å². The first-order valence-corrected chi connectivity index (χ1v) is 11.8. The van der Waals surface area contributed by atoms with Gasteiger partial charge in [0.2, 0.25) is 0 Å². The van der Waals surface area contributed by atoms with Gasteiger partial charge < -0.3 is 14.0 Å². The fraction of sp³-hybridized carbons (Fsp3) is 0.423. The molecule has 6 nitrogen and oxygen atoms in total. The van der Waals surface area contributed by atoms with Crippen molar-refractivity contribution in [2.75, 3.05) is 13.7 Å². The number of carbonyl (C=O) groups excluding carboxylic acids is 1. The highest BCUT2D eigenvalue weighted by atomic mass is 79.9. The van der Waals surface area contributed by atoms with E-state index in [0.717, 1.165) is 44.4 Å². The molecule has 7 heteroatoms. The number of nitriles is 1. The Kier molecular flexibility index (Phi) is 7.61. The highest BCUT2D eigenvalue weighted by Gasteiger charge is 2.29. The molecule has 0 radical (unpaired) electrons. The number of hydrogen-bond donors (Lipinski definition) is 0. The van der Waals surface area contributed by atoms with Gasteiger partial charge in [-0.05, 0) is 50.1 Å².